The number of benzene rings is 1. The summed E-state index contributed by atoms with van der Waals surface area (Å²) in [5.41, 5.74) is 0.469. The van der Waals surface area contributed by atoms with E-state index in [0.29, 0.717) is 18.0 Å². The normalized spacial score (nSPS) is 13.3. The fourth-order valence-electron chi connectivity index (χ4n) is 2.48. The number of hydrogen-bond donors (Lipinski definition) is 1. The molecule has 24 heavy (non-hydrogen) atoms. The first-order valence-electron chi connectivity index (χ1n) is 8.02. The molecule has 1 amide bonds. The van der Waals surface area contributed by atoms with Gasteiger partial charge in [-0.25, -0.2) is 0 Å². The number of carbonyl (C=O) groups is 3. The SMILES string of the molecule is CC(C)CC[C@@H](C(=O)[O-])[C@@H](C)CC(=O)Nc1ccc(C(=O)[O-])cc1. The summed E-state index contributed by atoms with van der Waals surface area (Å²) in [7, 11) is 0. The number of anilines is 1. The number of hydrogen-bond acceptors (Lipinski definition) is 5. The molecule has 0 bridgehead atoms. The largest absolute Gasteiger partial charge is 0.550 e. The van der Waals surface area contributed by atoms with Crippen LogP contribution in [0.2, 0.25) is 0 Å². The van der Waals surface area contributed by atoms with E-state index in [1.54, 1.807) is 6.92 Å². The number of rotatable bonds is 9. The summed E-state index contributed by atoms with van der Waals surface area (Å²) < 4.78 is 0. The minimum Gasteiger partial charge on any atom is -0.550 e. The highest BCUT2D eigenvalue weighted by molar-refractivity contribution is 5.92. The van der Waals surface area contributed by atoms with Crippen molar-refractivity contribution in [1.29, 1.82) is 0 Å². The third-order valence-corrected chi connectivity index (χ3v) is 3.96. The molecule has 0 spiro atoms. The van der Waals surface area contributed by atoms with E-state index in [2.05, 4.69) is 5.32 Å². The summed E-state index contributed by atoms with van der Waals surface area (Å²) in [6.07, 6.45) is 1.29. The highest BCUT2D eigenvalue weighted by atomic mass is 16.4. The van der Waals surface area contributed by atoms with Crippen LogP contribution in [0.4, 0.5) is 5.69 Å². The molecule has 1 aromatic rings. The lowest BCUT2D eigenvalue weighted by Gasteiger charge is -2.25. The predicted octanol–water partition coefficient (Wildman–Crippen LogP) is 0.817. The number of aromatic carboxylic acids is 1. The van der Waals surface area contributed by atoms with E-state index in [-0.39, 0.29) is 23.8 Å². The molecule has 6 nitrogen and oxygen atoms in total. The Kier molecular flexibility index (Phi) is 7.42. The quantitative estimate of drug-likeness (QED) is 0.719. The molecule has 6 heteroatoms. The second kappa shape index (κ2) is 9.05. The van der Waals surface area contributed by atoms with Gasteiger partial charge in [-0.15, -0.1) is 0 Å². The van der Waals surface area contributed by atoms with Crippen molar-refractivity contribution in [1.82, 2.24) is 0 Å². The Morgan fingerprint density at radius 2 is 1.58 bits per heavy atom. The van der Waals surface area contributed by atoms with Crippen LogP contribution in [0.5, 0.6) is 0 Å². The molecular formula is C18H23NO5-2. The summed E-state index contributed by atoms with van der Waals surface area (Å²) in [6, 6.07) is 5.59. The fourth-order valence-corrected chi connectivity index (χ4v) is 2.48. The van der Waals surface area contributed by atoms with Crippen LogP contribution in [0.25, 0.3) is 0 Å². The molecule has 0 aliphatic heterocycles. The average Bonchev–Trinajstić information content (AvgIpc) is 2.46. The fraction of sp³-hybridized carbons (Fsp3) is 0.500. The van der Waals surface area contributed by atoms with Crippen molar-refractivity contribution in [3.8, 4) is 0 Å². The van der Waals surface area contributed by atoms with E-state index in [1.807, 2.05) is 13.8 Å². The first kappa shape index (κ1) is 19.7. The van der Waals surface area contributed by atoms with Gasteiger partial charge in [0.1, 0.15) is 0 Å². The van der Waals surface area contributed by atoms with Gasteiger partial charge in [-0.05, 0) is 36.0 Å². The Labute approximate surface area is 141 Å². The van der Waals surface area contributed by atoms with Crippen LogP contribution in [-0.2, 0) is 9.59 Å². The van der Waals surface area contributed by atoms with Crippen LogP contribution in [0.1, 0.15) is 50.4 Å². The molecule has 2 atom stereocenters. The maximum absolute atomic E-state index is 12.1. The highest BCUT2D eigenvalue weighted by Gasteiger charge is 2.21. The molecule has 0 unspecified atom stereocenters. The van der Waals surface area contributed by atoms with Crippen LogP contribution in [-0.4, -0.2) is 17.8 Å². The van der Waals surface area contributed by atoms with Crippen LogP contribution in [0.3, 0.4) is 0 Å². The summed E-state index contributed by atoms with van der Waals surface area (Å²) in [5.74, 6) is -3.37. The Hall–Kier alpha value is -2.37. The monoisotopic (exact) mass is 333 g/mol. The lowest BCUT2D eigenvalue weighted by molar-refractivity contribution is -0.313. The third kappa shape index (κ3) is 6.40. The lowest BCUT2D eigenvalue weighted by atomic mass is 9.85. The zero-order valence-electron chi connectivity index (χ0n) is 14.2. The van der Waals surface area contributed by atoms with Crippen molar-refractivity contribution in [2.24, 2.45) is 17.8 Å². The maximum atomic E-state index is 12.1. The molecule has 1 N–H and O–H groups in total. The maximum Gasteiger partial charge on any atom is 0.224 e. The van der Waals surface area contributed by atoms with Crippen molar-refractivity contribution in [2.75, 3.05) is 5.32 Å². The average molecular weight is 333 g/mol. The minimum absolute atomic E-state index is 0.0204. The first-order valence-corrected chi connectivity index (χ1v) is 8.02. The molecule has 0 heterocycles. The highest BCUT2D eigenvalue weighted by Crippen LogP contribution is 2.23. The molecule has 0 saturated heterocycles. The van der Waals surface area contributed by atoms with E-state index < -0.39 is 17.9 Å². The van der Waals surface area contributed by atoms with Gasteiger partial charge in [0.25, 0.3) is 0 Å². The van der Waals surface area contributed by atoms with Gasteiger partial charge in [0, 0.05) is 24.0 Å². The Morgan fingerprint density at radius 1 is 1.00 bits per heavy atom. The standard InChI is InChI=1S/C18H25NO5/c1-11(2)4-9-15(18(23)24)12(3)10-16(20)19-14-7-5-13(6-8-14)17(21)22/h5-8,11-12,15H,4,9-10H2,1-3H3,(H,19,20)(H,21,22)(H,23,24)/p-2/t12-,15+/m0/s1. The summed E-state index contributed by atoms with van der Waals surface area (Å²) in [5, 5.41) is 24.6. The second-order valence-corrected chi connectivity index (χ2v) is 6.49. The van der Waals surface area contributed by atoms with Gasteiger partial charge in [-0.1, -0.05) is 39.3 Å². The first-order chi connectivity index (χ1) is 11.2. The molecule has 1 aromatic carbocycles. The van der Waals surface area contributed by atoms with Gasteiger partial charge >= 0.3 is 0 Å². The molecule has 1 rings (SSSR count). The van der Waals surface area contributed by atoms with Crippen molar-refractivity contribution in [2.45, 2.75) is 40.0 Å². The zero-order valence-corrected chi connectivity index (χ0v) is 14.2. The van der Waals surface area contributed by atoms with Crippen LogP contribution >= 0.6 is 0 Å². The Morgan fingerprint density at radius 3 is 2.04 bits per heavy atom. The number of carbonyl (C=O) groups excluding carboxylic acids is 3. The van der Waals surface area contributed by atoms with Crippen molar-refractivity contribution in [3.05, 3.63) is 29.8 Å². The van der Waals surface area contributed by atoms with Crippen molar-refractivity contribution >= 4 is 23.5 Å². The molecule has 0 fully saturated rings. The second-order valence-electron chi connectivity index (χ2n) is 6.49. The number of aliphatic carboxylic acids is 1. The van der Waals surface area contributed by atoms with Gasteiger partial charge in [-0.2, -0.15) is 0 Å². The third-order valence-electron chi connectivity index (χ3n) is 3.96. The van der Waals surface area contributed by atoms with E-state index in [1.165, 1.54) is 24.3 Å². The molecule has 0 radical (unpaired) electrons. The van der Waals surface area contributed by atoms with E-state index >= 15 is 0 Å². The zero-order chi connectivity index (χ0) is 18.3. The van der Waals surface area contributed by atoms with Crippen LogP contribution in [0.15, 0.2) is 24.3 Å². The van der Waals surface area contributed by atoms with Crippen molar-refractivity contribution < 1.29 is 24.6 Å². The Balaban J connectivity index is 2.61. The minimum atomic E-state index is -1.29. The van der Waals surface area contributed by atoms with E-state index in [0.717, 1.165) is 6.42 Å². The van der Waals surface area contributed by atoms with Crippen LogP contribution in [0, 0.1) is 17.8 Å². The number of nitrogens with one attached hydrogen (secondary N) is 1. The van der Waals surface area contributed by atoms with Crippen molar-refractivity contribution in [3.63, 3.8) is 0 Å². The lowest BCUT2D eigenvalue weighted by Crippen LogP contribution is -2.36. The molecule has 0 aliphatic rings. The number of carboxylic acid groups (broad SMARTS) is 2. The van der Waals surface area contributed by atoms with Gasteiger partial charge < -0.3 is 25.1 Å². The summed E-state index contributed by atoms with van der Waals surface area (Å²) >= 11 is 0. The molecule has 0 saturated carbocycles. The van der Waals surface area contributed by atoms with Crippen LogP contribution < -0.4 is 15.5 Å². The number of carboxylic acids is 2. The molecule has 0 aromatic heterocycles. The van der Waals surface area contributed by atoms with Gasteiger partial charge in [0.15, 0.2) is 0 Å². The van der Waals surface area contributed by atoms with E-state index in [4.69, 9.17) is 0 Å². The smallest absolute Gasteiger partial charge is 0.224 e. The Bertz CT molecular complexity index is 580. The van der Waals surface area contributed by atoms with Gasteiger partial charge in [0.2, 0.25) is 5.91 Å². The molecule has 0 aliphatic carbocycles. The molecular weight excluding hydrogens is 310 g/mol. The predicted molar refractivity (Wildman–Crippen MR) is 85.8 cm³/mol. The number of amides is 1. The van der Waals surface area contributed by atoms with E-state index in [9.17, 15) is 24.6 Å². The topological polar surface area (TPSA) is 109 Å². The summed E-state index contributed by atoms with van der Waals surface area (Å²) in [6.45, 7) is 5.75. The van der Waals surface area contributed by atoms with Gasteiger partial charge in [0.05, 0.1) is 5.97 Å². The molecule has 132 valence electrons. The summed E-state index contributed by atoms with van der Waals surface area (Å²) in [4.78, 5) is 34.0. The van der Waals surface area contributed by atoms with Gasteiger partial charge in [-0.3, -0.25) is 4.79 Å².